The Morgan fingerprint density at radius 3 is 2.48 bits per heavy atom. The average molecular weight is 988 g/mol. The summed E-state index contributed by atoms with van der Waals surface area (Å²) < 4.78 is 49.2. The third kappa shape index (κ3) is 9.58. The van der Waals surface area contributed by atoms with Gasteiger partial charge in [-0.2, -0.15) is 4.98 Å². The molecule has 6 aliphatic rings. The van der Waals surface area contributed by atoms with Crippen LogP contribution in [0, 0.1) is 16.2 Å². The predicted octanol–water partition coefficient (Wildman–Crippen LogP) is 9.60. The van der Waals surface area contributed by atoms with E-state index in [2.05, 4.69) is 73.1 Å². The molecule has 2 atom stereocenters. The van der Waals surface area contributed by atoms with Crippen LogP contribution in [0.15, 0.2) is 83.0 Å². The number of sulfonamides is 1. The van der Waals surface area contributed by atoms with Crippen molar-refractivity contribution in [1.82, 2.24) is 19.6 Å². The second kappa shape index (κ2) is 18.4. The van der Waals surface area contributed by atoms with Gasteiger partial charge in [0, 0.05) is 54.6 Å². The number of fused-ring (bicyclic) bond motifs is 2. The summed E-state index contributed by atoms with van der Waals surface area (Å²) in [6, 6.07) is 21.0. The molecule has 0 radical (unpaired) electrons. The number of ether oxygens (including phenoxy) is 3. The average Bonchev–Trinajstić information content (AvgIpc) is 3.64. The van der Waals surface area contributed by atoms with Crippen LogP contribution in [-0.2, 0) is 10.0 Å². The maximum absolute atomic E-state index is 14.4. The highest BCUT2D eigenvalue weighted by molar-refractivity contribution is 7.90. The lowest BCUT2D eigenvalue weighted by atomic mass is 9.59. The number of anilines is 2. The van der Waals surface area contributed by atoms with E-state index < -0.39 is 27.1 Å². The summed E-state index contributed by atoms with van der Waals surface area (Å²) in [5, 5.41) is 28.4. The van der Waals surface area contributed by atoms with Crippen LogP contribution >= 0.6 is 0 Å². The summed E-state index contributed by atoms with van der Waals surface area (Å²) in [6.07, 6.45) is 12.6. The summed E-state index contributed by atoms with van der Waals surface area (Å²) in [6.45, 7) is 9.38. The van der Waals surface area contributed by atoms with Gasteiger partial charge in [0.1, 0.15) is 41.7 Å². The number of likely N-dealkylation sites (tertiary alicyclic amines) is 1. The van der Waals surface area contributed by atoms with Crippen LogP contribution in [0.25, 0.3) is 11.0 Å². The Morgan fingerprint density at radius 1 is 0.958 bits per heavy atom. The van der Waals surface area contributed by atoms with Crippen LogP contribution in [0.2, 0.25) is 0 Å². The molecule has 5 N–H and O–H groups in total. The second-order valence-corrected chi connectivity index (χ2v) is 23.7. The number of benzene rings is 3. The van der Waals surface area contributed by atoms with Gasteiger partial charge in [0.2, 0.25) is 0 Å². The van der Waals surface area contributed by atoms with Crippen molar-refractivity contribution in [3.8, 4) is 23.1 Å². The van der Waals surface area contributed by atoms with E-state index in [1.165, 1.54) is 42.9 Å². The molecule has 1 spiro atoms. The van der Waals surface area contributed by atoms with Crippen LogP contribution in [0.1, 0.15) is 131 Å². The zero-order valence-electron chi connectivity index (χ0n) is 40.8. The number of carbonyl (C=O) groups excluding carboxylic acids is 1. The van der Waals surface area contributed by atoms with E-state index in [4.69, 9.17) is 14.2 Å². The largest absolute Gasteiger partial charge is 0.489 e. The molecular weight excluding hydrogens is 923 g/mol. The number of nitrogens with zero attached hydrogens (tertiary/aromatic N) is 4. The quantitative estimate of drug-likeness (QED) is 0.0658. The zero-order valence-corrected chi connectivity index (χ0v) is 41.6. The van der Waals surface area contributed by atoms with Crippen molar-refractivity contribution in [2.24, 2.45) is 16.5 Å². The minimum absolute atomic E-state index is 0.00364. The first-order valence-corrected chi connectivity index (χ1v) is 27.0. The SMILES string of the molecule is CC(C)c1ccccc1C1CCCN1C1CC2(CCN(c3ccc(C(=O)NS(=O)(=O)c4cc(N=O)c5c(c4)OC[C@H](C4CCC(C)(O)CC4)N5)c(Oc4cc5cc[nH]c5nc4OCC4(O)CC4)c3)CC2)C1. The fourth-order valence-electron chi connectivity index (χ4n) is 12.1. The van der Waals surface area contributed by atoms with E-state index in [0.29, 0.717) is 54.7 Å². The van der Waals surface area contributed by atoms with Gasteiger partial charge in [-0.05, 0) is 154 Å². The number of carbonyl (C=O) groups is 1. The fraction of sp³-hybridized carbons (Fsp3) is 0.519. The van der Waals surface area contributed by atoms with Crippen molar-refractivity contribution in [2.45, 2.75) is 138 Å². The standard InChI is InChI=1S/C54H65N7O9S/c1-33(2)39-7-4-5-8-40(39)44-9-6-22-61(44)37-29-53(30-37)19-23-60(24-20-53)36-10-11-41(45(26-36)70-47-25-35-14-21-55-49(35)57-51(47)69-32-54(64)17-18-54)50(62)59-71(66,67)38-27-42(58-65)48-46(28-38)68-31-43(56-48)34-12-15-52(3,63)16-13-34/h4-5,7-8,10-11,14,21,25-28,33-34,37,43-44,56,63-64H,6,9,12-13,15-20,22-24,29-32H2,1-3H3,(H,55,57)(H,59,62)/t34?,43-,44?,52?/m1/s1. The molecule has 17 heteroatoms. The number of H-pyrrole nitrogens is 1. The normalized spacial score (nSPS) is 25.0. The van der Waals surface area contributed by atoms with Crippen LogP contribution < -0.4 is 29.1 Å². The molecule has 1 unspecified atom stereocenters. The number of nitrogens with one attached hydrogen (secondary N) is 3. The van der Waals surface area contributed by atoms with Gasteiger partial charge in [-0.15, -0.1) is 4.91 Å². The van der Waals surface area contributed by atoms with Crippen molar-refractivity contribution in [3.05, 3.63) is 94.5 Å². The molecule has 5 heterocycles. The van der Waals surface area contributed by atoms with E-state index in [-0.39, 0.29) is 75.6 Å². The first-order valence-electron chi connectivity index (χ1n) is 25.5. The molecule has 11 rings (SSSR count). The van der Waals surface area contributed by atoms with Crippen molar-refractivity contribution < 1.29 is 37.6 Å². The van der Waals surface area contributed by atoms with Crippen LogP contribution in [-0.4, -0.2) is 95.5 Å². The highest BCUT2D eigenvalue weighted by Gasteiger charge is 2.50. The Labute approximate surface area is 414 Å². The van der Waals surface area contributed by atoms with Gasteiger partial charge < -0.3 is 39.6 Å². The highest BCUT2D eigenvalue weighted by atomic mass is 32.2. The third-order valence-corrected chi connectivity index (χ3v) is 17.9. The van der Waals surface area contributed by atoms with E-state index >= 15 is 0 Å². The van der Waals surface area contributed by atoms with E-state index in [9.17, 15) is 28.3 Å². The Bertz CT molecular complexity index is 2950. The molecule has 3 aliphatic heterocycles. The number of pyridine rings is 1. The van der Waals surface area contributed by atoms with Crippen molar-refractivity contribution in [2.75, 3.05) is 43.1 Å². The molecule has 16 nitrogen and oxygen atoms in total. The Morgan fingerprint density at radius 2 is 1.73 bits per heavy atom. The fourth-order valence-corrected chi connectivity index (χ4v) is 13.1. The monoisotopic (exact) mass is 987 g/mol. The molecule has 3 aliphatic carbocycles. The Kier molecular flexibility index (Phi) is 12.3. The number of hydrogen-bond acceptors (Lipinski definition) is 14. The van der Waals surface area contributed by atoms with E-state index in [1.807, 2.05) is 19.1 Å². The summed E-state index contributed by atoms with van der Waals surface area (Å²) >= 11 is 0. The van der Waals surface area contributed by atoms with Crippen LogP contribution in [0.5, 0.6) is 23.1 Å². The molecule has 71 heavy (non-hydrogen) atoms. The lowest BCUT2D eigenvalue weighted by Gasteiger charge is -2.56. The number of rotatable bonds is 14. The smallest absolute Gasteiger partial charge is 0.268 e. The molecule has 5 aromatic rings. The lowest BCUT2D eigenvalue weighted by molar-refractivity contribution is -0.0227. The molecule has 376 valence electrons. The number of hydrogen-bond donors (Lipinski definition) is 5. The molecule has 5 fully saturated rings. The molecule has 2 saturated heterocycles. The molecule has 3 saturated carbocycles. The maximum Gasteiger partial charge on any atom is 0.268 e. The topological polar surface area (TPSA) is 208 Å². The second-order valence-electron chi connectivity index (χ2n) is 22.0. The van der Waals surface area contributed by atoms with Gasteiger partial charge in [0.15, 0.2) is 5.75 Å². The first-order chi connectivity index (χ1) is 34.1. The number of piperidine rings is 1. The van der Waals surface area contributed by atoms with Gasteiger partial charge in [0.05, 0.1) is 27.7 Å². The van der Waals surface area contributed by atoms with Crippen molar-refractivity contribution in [3.63, 3.8) is 0 Å². The highest BCUT2D eigenvalue weighted by Crippen LogP contribution is 2.55. The summed E-state index contributed by atoms with van der Waals surface area (Å²) in [5.74, 6) is 0.194. The summed E-state index contributed by atoms with van der Waals surface area (Å²) in [7, 11) is -4.61. The Hall–Kier alpha value is -5.75. The molecule has 0 bridgehead atoms. The third-order valence-electron chi connectivity index (χ3n) is 16.6. The number of aromatic nitrogens is 2. The number of amides is 1. The van der Waals surface area contributed by atoms with Gasteiger partial charge >= 0.3 is 0 Å². The van der Waals surface area contributed by atoms with Crippen LogP contribution in [0.4, 0.5) is 17.1 Å². The predicted molar refractivity (Wildman–Crippen MR) is 270 cm³/mol. The number of aliphatic hydroxyl groups is 2. The first kappa shape index (κ1) is 47.6. The van der Waals surface area contributed by atoms with E-state index in [0.717, 1.165) is 57.1 Å². The van der Waals surface area contributed by atoms with Gasteiger partial charge in [-0.25, -0.2) is 13.1 Å². The summed E-state index contributed by atoms with van der Waals surface area (Å²) in [5.41, 5.74) is 2.96. The van der Waals surface area contributed by atoms with Crippen LogP contribution in [0.3, 0.4) is 0 Å². The van der Waals surface area contributed by atoms with Gasteiger partial charge in [-0.1, -0.05) is 38.1 Å². The van der Waals surface area contributed by atoms with Crippen molar-refractivity contribution in [1.29, 1.82) is 0 Å². The van der Waals surface area contributed by atoms with E-state index in [1.54, 1.807) is 24.4 Å². The molecule has 1 amide bonds. The molecule has 3 aromatic carbocycles. The summed E-state index contributed by atoms with van der Waals surface area (Å²) in [4.78, 5) is 39.1. The minimum atomic E-state index is -4.61. The van der Waals surface area contributed by atoms with Gasteiger partial charge in [0.25, 0.3) is 21.8 Å². The van der Waals surface area contributed by atoms with Crippen molar-refractivity contribution >= 4 is 44.0 Å². The number of aromatic amines is 1. The molecule has 2 aromatic heterocycles. The van der Waals surface area contributed by atoms with Gasteiger partial charge in [-0.3, -0.25) is 9.69 Å². The minimum Gasteiger partial charge on any atom is -0.489 e. The molecular formula is C54H65N7O9S. The zero-order chi connectivity index (χ0) is 49.3. The number of nitroso groups, excluding NO2 is 1. The Balaban J connectivity index is 0.833. The maximum atomic E-state index is 14.4. The lowest BCUT2D eigenvalue weighted by Crippen LogP contribution is -2.54.